The van der Waals surface area contributed by atoms with Gasteiger partial charge < -0.3 is 5.32 Å². The summed E-state index contributed by atoms with van der Waals surface area (Å²) in [6.07, 6.45) is 13.3. The molecule has 1 N–H and O–H groups in total. The van der Waals surface area contributed by atoms with Crippen LogP contribution in [-0.2, 0) is 11.3 Å². The van der Waals surface area contributed by atoms with Crippen LogP contribution in [0.3, 0.4) is 0 Å². The molecule has 5 nitrogen and oxygen atoms in total. The molecular weight excluding hydrogens is 368 g/mol. The molecule has 1 amide bonds. The molecule has 0 aliphatic rings. The number of rotatable bonds is 9. The van der Waals surface area contributed by atoms with Crippen LogP contribution in [0.5, 0.6) is 0 Å². The van der Waals surface area contributed by atoms with Crippen LogP contribution in [0.4, 0.5) is 0 Å². The van der Waals surface area contributed by atoms with Gasteiger partial charge in [-0.05, 0) is 29.3 Å². The number of pyridine rings is 1. The second-order valence-electron chi connectivity index (χ2n) is 6.42. The second kappa shape index (κ2) is 10.5. The van der Waals surface area contributed by atoms with Gasteiger partial charge in [0, 0.05) is 49.7 Å². The number of nitrogens with one attached hydrogen (secondary N) is 1. The maximum Gasteiger partial charge on any atom is 0.220 e. The molecule has 1 aromatic carbocycles. The van der Waals surface area contributed by atoms with Crippen molar-refractivity contribution < 1.29 is 9.36 Å². The first-order valence-electron chi connectivity index (χ1n) is 9.39. The Labute approximate surface area is 171 Å². The average molecular weight is 394 g/mol. The van der Waals surface area contributed by atoms with Gasteiger partial charge in [-0.2, -0.15) is 17.7 Å². The van der Waals surface area contributed by atoms with E-state index < -0.39 is 0 Å². The van der Waals surface area contributed by atoms with Gasteiger partial charge >= 0.3 is 0 Å². The second-order valence-corrected chi connectivity index (χ2v) is 6.87. The predicted octanol–water partition coefficient (Wildman–Crippen LogP) is 3.16. The van der Waals surface area contributed by atoms with Crippen LogP contribution in [0, 0.1) is 0 Å². The fourth-order valence-corrected chi connectivity index (χ4v) is 2.90. The Morgan fingerprint density at radius 1 is 1.11 bits per heavy atom. The molecule has 2 aromatic heterocycles. The number of carbonyl (C=O) groups excluding carboxylic acids is 1. The van der Waals surface area contributed by atoms with E-state index >= 15 is 0 Å². The first-order chi connectivity index (χ1) is 13.7. The molecule has 0 aliphatic carbocycles. The van der Waals surface area contributed by atoms with E-state index in [1.807, 2.05) is 29.3 Å². The van der Waals surface area contributed by atoms with Crippen LogP contribution in [0.15, 0.2) is 67.3 Å². The number of carbonyl (C=O) groups is 1. The van der Waals surface area contributed by atoms with Crippen LogP contribution in [0.25, 0.3) is 17.8 Å². The summed E-state index contributed by atoms with van der Waals surface area (Å²) in [6.45, 7) is 1.45. The Morgan fingerprint density at radius 3 is 2.46 bits per heavy atom. The molecule has 0 unspecified atom stereocenters. The van der Waals surface area contributed by atoms with E-state index in [2.05, 4.69) is 76.2 Å². The highest BCUT2D eigenvalue weighted by atomic mass is 32.1. The van der Waals surface area contributed by atoms with Crippen molar-refractivity contribution >= 4 is 30.7 Å². The summed E-state index contributed by atoms with van der Waals surface area (Å²) >= 11 is 4.08. The molecule has 3 rings (SSSR count). The minimum absolute atomic E-state index is 0.0905. The maximum absolute atomic E-state index is 11.6. The lowest BCUT2D eigenvalue weighted by atomic mass is 10.1. The van der Waals surface area contributed by atoms with E-state index in [1.165, 1.54) is 0 Å². The normalized spacial score (nSPS) is 11.0. The molecule has 0 radical (unpaired) electrons. The molecule has 144 valence electrons. The van der Waals surface area contributed by atoms with Crippen molar-refractivity contribution in [1.29, 1.82) is 0 Å². The third kappa shape index (κ3) is 6.09. The largest absolute Gasteiger partial charge is 0.355 e. The van der Waals surface area contributed by atoms with Crippen molar-refractivity contribution in [2.75, 3.05) is 12.3 Å². The van der Waals surface area contributed by atoms with Crippen molar-refractivity contribution in [2.45, 2.75) is 19.4 Å². The van der Waals surface area contributed by atoms with Crippen LogP contribution in [0.2, 0.25) is 0 Å². The Kier molecular flexibility index (Phi) is 7.44. The molecule has 6 heteroatoms. The lowest BCUT2D eigenvalue weighted by Gasteiger charge is -2.02. The summed E-state index contributed by atoms with van der Waals surface area (Å²) in [5.41, 5.74) is 3.32. The van der Waals surface area contributed by atoms with Gasteiger partial charge in [0.25, 0.3) is 0 Å². The zero-order valence-electron chi connectivity index (χ0n) is 15.7. The summed E-state index contributed by atoms with van der Waals surface area (Å²) < 4.78 is 3.94. The smallest absolute Gasteiger partial charge is 0.220 e. The SMILES string of the molecule is O=C(CCC[n+]1ccc(/C=C/c2ccc(-n3cccn3)cc2)cc1)NCCS. The van der Waals surface area contributed by atoms with E-state index in [9.17, 15) is 4.79 Å². The Bertz CT molecular complexity index is 887. The van der Waals surface area contributed by atoms with Crippen molar-refractivity contribution in [3.05, 3.63) is 78.4 Å². The Hall–Kier alpha value is -2.86. The number of hydrogen-bond donors (Lipinski definition) is 2. The Morgan fingerprint density at radius 2 is 1.82 bits per heavy atom. The Balaban J connectivity index is 1.49. The minimum Gasteiger partial charge on any atom is -0.355 e. The van der Waals surface area contributed by atoms with Gasteiger partial charge in [-0.1, -0.05) is 24.3 Å². The first-order valence-corrected chi connectivity index (χ1v) is 10.0. The number of aromatic nitrogens is 3. The van der Waals surface area contributed by atoms with Crippen molar-refractivity contribution in [3.8, 4) is 5.69 Å². The van der Waals surface area contributed by atoms with E-state index in [4.69, 9.17) is 0 Å². The number of amides is 1. The van der Waals surface area contributed by atoms with Gasteiger partial charge in [-0.3, -0.25) is 4.79 Å². The third-order valence-corrected chi connectivity index (χ3v) is 4.52. The van der Waals surface area contributed by atoms with E-state index in [-0.39, 0.29) is 5.91 Å². The highest BCUT2D eigenvalue weighted by Crippen LogP contribution is 2.11. The van der Waals surface area contributed by atoms with E-state index in [1.54, 1.807) is 6.20 Å². The fourth-order valence-electron chi connectivity index (χ4n) is 2.79. The van der Waals surface area contributed by atoms with E-state index in [0.717, 1.165) is 29.8 Å². The van der Waals surface area contributed by atoms with Gasteiger partial charge in [0.2, 0.25) is 5.91 Å². The molecule has 0 saturated heterocycles. The lowest BCUT2D eigenvalue weighted by Crippen LogP contribution is -2.33. The fraction of sp³-hybridized carbons (Fsp3) is 0.227. The highest BCUT2D eigenvalue weighted by Gasteiger charge is 2.04. The molecule has 0 atom stereocenters. The summed E-state index contributed by atoms with van der Waals surface area (Å²) in [5, 5.41) is 7.07. The lowest BCUT2D eigenvalue weighted by molar-refractivity contribution is -0.697. The molecule has 0 saturated carbocycles. The molecule has 0 fully saturated rings. The summed E-state index contributed by atoms with van der Waals surface area (Å²) in [6, 6.07) is 14.3. The number of aryl methyl sites for hydroxylation is 1. The van der Waals surface area contributed by atoms with Gasteiger partial charge in [0.15, 0.2) is 12.4 Å². The third-order valence-electron chi connectivity index (χ3n) is 4.30. The van der Waals surface area contributed by atoms with Crippen LogP contribution in [0.1, 0.15) is 24.0 Å². The monoisotopic (exact) mass is 393 g/mol. The topological polar surface area (TPSA) is 50.8 Å². The quantitative estimate of drug-likeness (QED) is 0.433. The number of nitrogens with zero attached hydrogens (tertiary/aromatic N) is 3. The highest BCUT2D eigenvalue weighted by molar-refractivity contribution is 7.80. The van der Waals surface area contributed by atoms with Crippen molar-refractivity contribution in [1.82, 2.24) is 15.1 Å². The predicted molar refractivity (Wildman–Crippen MR) is 115 cm³/mol. The molecule has 0 bridgehead atoms. The number of benzene rings is 1. The van der Waals surface area contributed by atoms with Crippen LogP contribution < -0.4 is 9.88 Å². The van der Waals surface area contributed by atoms with Gasteiger partial charge in [-0.25, -0.2) is 9.25 Å². The molecule has 0 aliphatic heterocycles. The summed E-state index contributed by atoms with van der Waals surface area (Å²) in [7, 11) is 0. The zero-order valence-corrected chi connectivity index (χ0v) is 16.6. The summed E-state index contributed by atoms with van der Waals surface area (Å²) in [5.74, 6) is 0.761. The molecule has 3 aromatic rings. The van der Waals surface area contributed by atoms with Crippen molar-refractivity contribution in [2.24, 2.45) is 0 Å². The van der Waals surface area contributed by atoms with Gasteiger partial charge in [-0.15, -0.1) is 0 Å². The van der Waals surface area contributed by atoms with Crippen LogP contribution >= 0.6 is 12.6 Å². The minimum atomic E-state index is 0.0905. The maximum atomic E-state index is 11.6. The zero-order chi connectivity index (χ0) is 19.6. The molecule has 2 heterocycles. The summed E-state index contributed by atoms with van der Waals surface area (Å²) in [4.78, 5) is 11.6. The average Bonchev–Trinajstić information content (AvgIpc) is 3.27. The molecular formula is C22H25N4OS+. The van der Waals surface area contributed by atoms with Gasteiger partial charge in [0.1, 0.15) is 6.54 Å². The standard InChI is InChI=1S/C22H24N4OS/c27-22(23-13-18-28)3-1-14-25-16-10-20(11-17-25)5-4-19-6-8-21(9-7-19)26-15-2-12-24-26/h2,4-12,15-17H,1,3,13-14,18H2,(H-,23,27,28)/p+1. The molecule has 28 heavy (non-hydrogen) atoms. The van der Waals surface area contributed by atoms with Gasteiger partial charge in [0.05, 0.1) is 5.69 Å². The number of hydrogen-bond acceptors (Lipinski definition) is 3. The van der Waals surface area contributed by atoms with E-state index in [0.29, 0.717) is 18.7 Å². The van der Waals surface area contributed by atoms with Crippen LogP contribution in [-0.4, -0.2) is 28.0 Å². The number of thiol groups is 1. The molecule has 0 spiro atoms. The van der Waals surface area contributed by atoms with Crippen molar-refractivity contribution in [3.63, 3.8) is 0 Å². The first kappa shape index (κ1) is 19.9.